The van der Waals surface area contributed by atoms with Crippen LogP contribution in [0.15, 0.2) is 58.7 Å². The van der Waals surface area contributed by atoms with Gasteiger partial charge in [0.1, 0.15) is 6.54 Å². The summed E-state index contributed by atoms with van der Waals surface area (Å²) in [6, 6.07) is 12.0. The lowest BCUT2D eigenvalue weighted by Crippen LogP contribution is -2.13. The van der Waals surface area contributed by atoms with Gasteiger partial charge in [-0.15, -0.1) is 0 Å². The third kappa shape index (κ3) is 3.20. The molecule has 5 heteroatoms. The quantitative estimate of drug-likeness (QED) is 0.671. The Kier molecular flexibility index (Phi) is 4.51. The first kappa shape index (κ1) is 18.0. The Morgan fingerprint density at radius 2 is 2.04 bits per heavy atom. The first-order valence-corrected chi connectivity index (χ1v) is 9.44. The van der Waals surface area contributed by atoms with Crippen molar-refractivity contribution in [2.45, 2.75) is 33.7 Å². The molecule has 0 radical (unpaired) electrons. The molecule has 28 heavy (non-hydrogen) atoms. The Morgan fingerprint density at radius 3 is 2.71 bits per heavy atom. The summed E-state index contributed by atoms with van der Waals surface area (Å²) in [6.45, 7) is 6.14. The van der Waals surface area contributed by atoms with Crippen LogP contribution in [0.2, 0.25) is 0 Å². The molecule has 1 aliphatic heterocycles. The van der Waals surface area contributed by atoms with E-state index in [1.807, 2.05) is 41.8 Å². The van der Waals surface area contributed by atoms with Crippen LogP contribution in [-0.4, -0.2) is 26.3 Å². The second-order valence-corrected chi connectivity index (χ2v) is 7.17. The number of nitrogens with one attached hydrogen (secondary N) is 1. The third-order valence-electron chi connectivity index (χ3n) is 5.10. The fraction of sp³-hybridized carbons (Fsp3) is 0.217. The number of carboxylic acids is 1. The highest BCUT2D eigenvalue weighted by Crippen LogP contribution is 2.30. The zero-order valence-corrected chi connectivity index (χ0v) is 16.3. The molecule has 0 atom stereocenters. The lowest BCUT2D eigenvalue weighted by molar-refractivity contribution is -0.137. The Hall–Kier alpha value is -3.34. The van der Waals surface area contributed by atoms with Gasteiger partial charge >= 0.3 is 5.97 Å². The van der Waals surface area contributed by atoms with E-state index in [2.05, 4.69) is 37.0 Å². The smallest absolute Gasteiger partial charge is 0.323 e. The maximum absolute atomic E-state index is 11.5. The van der Waals surface area contributed by atoms with Crippen LogP contribution >= 0.6 is 0 Å². The van der Waals surface area contributed by atoms with Crippen LogP contribution in [0, 0.1) is 13.8 Å². The summed E-state index contributed by atoms with van der Waals surface area (Å²) in [6.07, 6.45) is 5.01. The summed E-state index contributed by atoms with van der Waals surface area (Å²) in [5.74, 6) is -0.867. The molecule has 0 fully saturated rings. The Bertz CT molecular complexity index is 1170. The number of benzene rings is 1. The van der Waals surface area contributed by atoms with Gasteiger partial charge < -0.3 is 14.7 Å². The maximum Gasteiger partial charge on any atom is 0.323 e. The van der Waals surface area contributed by atoms with Crippen LogP contribution in [0.1, 0.15) is 36.0 Å². The van der Waals surface area contributed by atoms with Gasteiger partial charge in [-0.05, 0) is 61.8 Å². The van der Waals surface area contributed by atoms with Gasteiger partial charge in [0.25, 0.3) is 0 Å². The van der Waals surface area contributed by atoms with Gasteiger partial charge in [0.15, 0.2) is 0 Å². The molecular weight excluding hydrogens is 350 g/mol. The summed E-state index contributed by atoms with van der Waals surface area (Å²) in [7, 11) is 0. The van der Waals surface area contributed by atoms with Gasteiger partial charge in [0.05, 0.1) is 17.1 Å². The number of aryl methyl sites for hydroxylation is 2. The first-order chi connectivity index (χ1) is 13.5. The number of hydrogen-bond acceptors (Lipinski definition) is 2. The van der Waals surface area contributed by atoms with Gasteiger partial charge in [-0.25, -0.2) is 4.99 Å². The summed E-state index contributed by atoms with van der Waals surface area (Å²) in [5.41, 5.74) is 7.98. The van der Waals surface area contributed by atoms with E-state index in [1.165, 1.54) is 5.56 Å². The molecule has 142 valence electrons. The van der Waals surface area contributed by atoms with E-state index in [-0.39, 0.29) is 6.54 Å². The van der Waals surface area contributed by atoms with Crippen molar-refractivity contribution in [3.8, 4) is 0 Å². The second kappa shape index (κ2) is 7.00. The normalized spacial score (nSPS) is 15.3. The number of para-hydroxylation sites is 1. The van der Waals surface area contributed by atoms with E-state index in [0.717, 1.165) is 51.4 Å². The Labute approximate surface area is 163 Å². The molecule has 5 nitrogen and oxygen atoms in total. The van der Waals surface area contributed by atoms with Crippen LogP contribution in [0.4, 0.5) is 0 Å². The largest absolute Gasteiger partial charge is 0.480 e. The highest BCUT2D eigenvalue weighted by Gasteiger charge is 2.20. The second-order valence-electron chi connectivity index (χ2n) is 7.17. The number of H-pyrrole nitrogens is 1. The Balaban J connectivity index is 1.84. The van der Waals surface area contributed by atoms with E-state index in [0.29, 0.717) is 0 Å². The van der Waals surface area contributed by atoms with Gasteiger partial charge in [-0.1, -0.05) is 25.1 Å². The minimum atomic E-state index is -0.867. The number of fused-ring (bicyclic) bond motifs is 1. The molecule has 0 unspecified atom stereocenters. The van der Waals surface area contributed by atoms with Crippen molar-refractivity contribution in [2.24, 2.45) is 4.99 Å². The fourth-order valence-corrected chi connectivity index (χ4v) is 3.78. The zero-order chi connectivity index (χ0) is 19.8. The van der Waals surface area contributed by atoms with Gasteiger partial charge in [-0.3, -0.25) is 4.79 Å². The zero-order valence-electron chi connectivity index (χ0n) is 16.3. The van der Waals surface area contributed by atoms with Gasteiger partial charge in [0.2, 0.25) is 0 Å². The first-order valence-electron chi connectivity index (χ1n) is 9.44. The van der Waals surface area contributed by atoms with E-state index in [4.69, 9.17) is 4.99 Å². The molecule has 0 spiro atoms. The summed E-state index contributed by atoms with van der Waals surface area (Å²) in [4.78, 5) is 19.7. The fourth-order valence-electron chi connectivity index (χ4n) is 3.78. The third-order valence-corrected chi connectivity index (χ3v) is 5.10. The van der Waals surface area contributed by atoms with Crippen molar-refractivity contribution >= 4 is 28.7 Å². The monoisotopic (exact) mass is 373 g/mol. The van der Waals surface area contributed by atoms with E-state index >= 15 is 0 Å². The van der Waals surface area contributed by atoms with E-state index < -0.39 is 5.97 Å². The van der Waals surface area contributed by atoms with Crippen molar-refractivity contribution in [3.63, 3.8) is 0 Å². The molecule has 0 bridgehead atoms. The van der Waals surface area contributed by atoms with Crippen LogP contribution in [0.3, 0.4) is 0 Å². The van der Waals surface area contributed by atoms with Crippen molar-refractivity contribution < 1.29 is 9.90 Å². The number of aromatic nitrogens is 2. The summed E-state index contributed by atoms with van der Waals surface area (Å²) >= 11 is 0. The lowest BCUT2D eigenvalue weighted by atomic mass is 10.1. The summed E-state index contributed by atoms with van der Waals surface area (Å²) < 4.78 is 1.83. The van der Waals surface area contributed by atoms with Crippen LogP contribution in [0.25, 0.3) is 17.0 Å². The topological polar surface area (TPSA) is 70.4 Å². The predicted molar refractivity (Wildman–Crippen MR) is 113 cm³/mol. The molecule has 4 rings (SSSR count). The average molecular weight is 373 g/mol. The molecule has 2 N–H and O–H groups in total. The van der Waals surface area contributed by atoms with Crippen molar-refractivity contribution in [2.75, 3.05) is 0 Å². The number of aliphatic imine (C=N–C) groups is 1. The number of rotatable bonds is 5. The van der Waals surface area contributed by atoms with Crippen LogP contribution in [-0.2, 0) is 11.3 Å². The van der Waals surface area contributed by atoms with E-state index in [9.17, 15) is 9.90 Å². The van der Waals surface area contributed by atoms with E-state index in [1.54, 1.807) is 0 Å². The number of hydrogen-bond donors (Lipinski definition) is 2. The van der Waals surface area contributed by atoms with Gasteiger partial charge in [-0.2, -0.15) is 0 Å². The van der Waals surface area contributed by atoms with Crippen molar-refractivity contribution in [1.82, 2.24) is 9.55 Å². The molecule has 3 aromatic rings. The molecule has 3 heterocycles. The number of aromatic amines is 1. The SMILES string of the molecule is CCC1=CC(c2cc3ccccc3n2CC(=O)O)=N/C1=C\c1[nH]c(C)cc1C. The minimum absolute atomic E-state index is 0.0921. The van der Waals surface area contributed by atoms with Crippen molar-refractivity contribution in [1.29, 1.82) is 0 Å². The molecule has 1 aliphatic rings. The van der Waals surface area contributed by atoms with Gasteiger partial charge in [0, 0.05) is 22.3 Å². The lowest BCUT2D eigenvalue weighted by Gasteiger charge is -2.07. The van der Waals surface area contributed by atoms with Crippen LogP contribution in [0.5, 0.6) is 0 Å². The number of carboxylic acid groups (broad SMARTS) is 1. The molecular formula is C23H23N3O2. The molecule has 1 aromatic carbocycles. The average Bonchev–Trinajstić information content (AvgIpc) is 3.31. The standard InChI is InChI=1S/C23H23N3O2/c1-4-16-10-20(25-19(16)12-18-14(2)9-15(3)24-18)22-11-17-7-5-6-8-21(17)26(22)13-23(27)28/h5-12,24H,4,13H2,1-3H3,(H,27,28)/b19-12-. The molecule has 0 saturated carbocycles. The van der Waals surface area contributed by atoms with Crippen LogP contribution < -0.4 is 0 Å². The Morgan fingerprint density at radius 1 is 1.25 bits per heavy atom. The number of carbonyl (C=O) groups is 1. The highest BCUT2D eigenvalue weighted by atomic mass is 16.4. The molecule has 0 saturated heterocycles. The number of nitrogens with zero attached hydrogens (tertiary/aromatic N) is 2. The predicted octanol–water partition coefficient (Wildman–Crippen LogP) is 4.85. The molecule has 2 aromatic heterocycles. The number of aliphatic carboxylic acids is 1. The minimum Gasteiger partial charge on any atom is -0.480 e. The summed E-state index contributed by atoms with van der Waals surface area (Å²) in [5, 5.41) is 10.4. The molecule has 0 aliphatic carbocycles. The van der Waals surface area contributed by atoms with Crippen molar-refractivity contribution in [3.05, 3.63) is 76.4 Å². The maximum atomic E-state index is 11.5. The molecule has 0 amide bonds. The number of allylic oxidation sites excluding steroid dienone is 2. The highest BCUT2D eigenvalue weighted by molar-refractivity contribution is 6.13.